The number of nitrogens with zero attached hydrogens (tertiary/aromatic N) is 2. The molecule has 1 aromatic carbocycles. The van der Waals surface area contributed by atoms with Gasteiger partial charge >= 0.3 is 0 Å². The van der Waals surface area contributed by atoms with Crippen LogP contribution in [0.5, 0.6) is 0 Å². The van der Waals surface area contributed by atoms with Crippen LogP contribution in [0, 0.1) is 17.2 Å². The molecule has 0 spiro atoms. The van der Waals surface area contributed by atoms with Crippen LogP contribution in [0.25, 0.3) is 0 Å². The summed E-state index contributed by atoms with van der Waals surface area (Å²) in [6, 6.07) is 13.4. The molecule has 2 heteroatoms. The summed E-state index contributed by atoms with van der Waals surface area (Å²) >= 11 is 0. The van der Waals surface area contributed by atoms with Crippen molar-refractivity contribution < 1.29 is 0 Å². The van der Waals surface area contributed by atoms with Crippen molar-refractivity contribution in [1.82, 2.24) is 4.90 Å². The van der Waals surface area contributed by atoms with E-state index in [1.54, 1.807) is 0 Å². The normalized spacial score (nSPS) is 22.9. The van der Waals surface area contributed by atoms with Gasteiger partial charge in [-0.1, -0.05) is 30.3 Å². The van der Waals surface area contributed by atoms with Gasteiger partial charge in [0.1, 0.15) is 0 Å². The van der Waals surface area contributed by atoms with Gasteiger partial charge in [0, 0.05) is 19.0 Å². The SMILES string of the molecule is C[C@H](c1ccccc1)N1CC[C@H](CC#N)C1. The Labute approximate surface area is 97.5 Å². The number of nitriles is 1. The van der Waals surface area contributed by atoms with Crippen LogP contribution in [0.1, 0.15) is 31.4 Å². The Balaban J connectivity index is 1.97. The maximum absolute atomic E-state index is 8.70. The van der Waals surface area contributed by atoms with E-state index in [1.165, 1.54) is 12.0 Å². The third kappa shape index (κ3) is 2.43. The largest absolute Gasteiger partial charge is 0.296 e. The minimum Gasteiger partial charge on any atom is -0.296 e. The van der Waals surface area contributed by atoms with E-state index in [-0.39, 0.29) is 0 Å². The van der Waals surface area contributed by atoms with E-state index in [4.69, 9.17) is 5.26 Å². The molecule has 1 fully saturated rings. The Morgan fingerprint density at radius 1 is 1.44 bits per heavy atom. The van der Waals surface area contributed by atoms with Crippen LogP contribution in [-0.4, -0.2) is 18.0 Å². The second kappa shape index (κ2) is 5.14. The lowest BCUT2D eigenvalue weighted by Crippen LogP contribution is -2.24. The third-order valence-electron chi connectivity index (χ3n) is 3.53. The van der Waals surface area contributed by atoms with Crippen LogP contribution in [0.15, 0.2) is 30.3 Å². The summed E-state index contributed by atoms with van der Waals surface area (Å²) in [6.07, 6.45) is 1.88. The van der Waals surface area contributed by atoms with Crippen LogP contribution in [-0.2, 0) is 0 Å². The molecule has 84 valence electrons. The number of hydrogen-bond acceptors (Lipinski definition) is 2. The van der Waals surface area contributed by atoms with E-state index >= 15 is 0 Å². The molecule has 2 atom stereocenters. The molecule has 2 nitrogen and oxygen atoms in total. The monoisotopic (exact) mass is 214 g/mol. The maximum Gasteiger partial charge on any atom is 0.0625 e. The van der Waals surface area contributed by atoms with Crippen molar-refractivity contribution >= 4 is 0 Å². The second-order valence-electron chi connectivity index (χ2n) is 4.60. The Morgan fingerprint density at radius 3 is 2.88 bits per heavy atom. The molecule has 1 aliphatic heterocycles. The zero-order chi connectivity index (χ0) is 11.4. The number of benzene rings is 1. The summed E-state index contributed by atoms with van der Waals surface area (Å²) in [7, 11) is 0. The molecule has 0 aromatic heterocycles. The summed E-state index contributed by atoms with van der Waals surface area (Å²) in [4.78, 5) is 2.48. The van der Waals surface area contributed by atoms with E-state index in [0.717, 1.165) is 13.1 Å². The van der Waals surface area contributed by atoms with Crippen molar-refractivity contribution in [1.29, 1.82) is 5.26 Å². The van der Waals surface area contributed by atoms with Gasteiger partial charge in [-0.25, -0.2) is 0 Å². The van der Waals surface area contributed by atoms with Crippen molar-refractivity contribution in [2.45, 2.75) is 25.8 Å². The Kier molecular flexibility index (Phi) is 3.58. The number of likely N-dealkylation sites (tertiary alicyclic amines) is 1. The molecular weight excluding hydrogens is 196 g/mol. The van der Waals surface area contributed by atoms with Crippen molar-refractivity contribution in [3.05, 3.63) is 35.9 Å². The molecule has 16 heavy (non-hydrogen) atoms. The zero-order valence-corrected chi connectivity index (χ0v) is 9.76. The molecule has 0 saturated carbocycles. The van der Waals surface area contributed by atoms with Gasteiger partial charge in [0.2, 0.25) is 0 Å². The molecule has 0 aliphatic carbocycles. The molecule has 1 saturated heterocycles. The van der Waals surface area contributed by atoms with Crippen LogP contribution in [0.2, 0.25) is 0 Å². The quantitative estimate of drug-likeness (QED) is 0.773. The van der Waals surface area contributed by atoms with Crippen LogP contribution < -0.4 is 0 Å². The third-order valence-corrected chi connectivity index (χ3v) is 3.53. The highest BCUT2D eigenvalue weighted by molar-refractivity contribution is 5.18. The van der Waals surface area contributed by atoms with E-state index in [1.807, 2.05) is 0 Å². The predicted molar refractivity (Wildman–Crippen MR) is 64.8 cm³/mol. The first-order chi connectivity index (χ1) is 7.81. The number of hydrogen-bond donors (Lipinski definition) is 0. The maximum atomic E-state index is 8.70. The highest BCUT2D eigenvalue weighted by Crippen LogP contribution is 2.28. The molecule has 1 aliphatic rings. The average molecular weight is 214 g/mol. The molecule has 2 rings (SSSR count). The summed E-state index contributed by atoms with van der Waals surface area (Å²) in [5.74, 6) is 0.580. The fourth-order valence-corrected chi connectivity index (χ4v) is 2.45. The topological polar surface area (TPSA) is 27.0 Å². The van der Waals surface area contributed by atoms with Crippen molar-refractivity contribution in [2.75, 3.05) is 13.1 Å². The van der Waals surface area contributed by atoms with Crippen molar-refractivity contribution in [3.63, 3.8) is 0 Å². The minimum atomic E-state index is 0.477. The number of rotatable bonds is 3. The first-order valence-corrected chi connectivity index (χ1v) is 5.97. The minimum absolute atomic E-state index is 0.477. The first-order valence-electron chi connectivity index (χ1n) is 5.97. The van der Waals surface area contributed by atoms with E-state index < -0.39 is 0 Å². The molecular formula is C14H18N2. The summed E-state index contributed by atoms with van der Waals surface area (Å²) in [6.45, 7) is 4.45. The van der Waals surface area contributed by atoms with Gasteiger partial charge in [-0.05, 0) is 31.4 Å². The van der Waals surface area contributed by atoms with Gasteiger partial charge < -0.3 is 0 Å². The first kappa shape index (κ1) is 11.2. The Morgan fingerprint density at radius 2 is 2.19 bits per heavy atom. The standard InChI is InChI=1S/C14H18N2/c1-12(14-5-3-2-4-6-14)16-10-8-13(11-16)7-9-15/h2-6,12-13H,7-8,10-11H2,1H3/t12-,13+/m1/s1. The van der Waals surface area contributed by atoms with Gasteiger partial charge in [-0.3, -0.25) is 4.90 Å². The summed E-state index contributed by atoms with van der Waals surface area (Å²) in [5, 5.41) is 8.70. The molecule has 0 bridgehead atoms. The highest BCUT2D eigenvalue weighted by Gasteiger charge is 2.26. The van der Waals surface area contributed by atoms with Gasteiger partial charge in [0.25, 0.3) is 0 Å². The van der Waals surface area contributed by atoms with Crippen molar-refractivity contribution in [3.8, 4) is 6.07 Å². The van der Waals surface area contributed by atoms with E-state index in [0.29, 0.717) is 18.4 Å². The lowest BCUT2D eigenvalue weighted by atomic mass is 10.1. The average Bonchev–Trinajstić information content (AvgIpc) is 2.78. The van der Waals surface area contributed by atoms with Gasteiger partial charge in [-0.15, -0.1) is 0 Å². The smallest absolute Gasteiger partial charge is 0.0625 e. The van der Waals surface area contributed by atoms with E-state index in [9.17, 15) is 0 Å². The summed E-state index contributed by atoms with van der Waals surface area (Å²) < 4.78 is 0. The van der Waals surface area contributed by atoms with Crippen molar-refractivity contribution in [2.24, 2.45) is 5.92 Å². The van der Waals surface area contributed by atoms with E-state index in [2.05, 4.69) is 48.2 Å². The second-order valence-corrected chi connectivity index (χ2v) is 4.60. The Hall–Kier alpha value is -1.33. The fourth-order valence-electron chi connectivity index (χ4n) is 2.45. The zero-order valence-electron chi connectivity index (χ0n) is 9.76. The lowest BCUT2D eigenvalue weighted by molar-refractivity contribution is 0.253. The molecule has 0 N–H and O–H groups in total. The lowest BCUT2D eigenvalue weighted by Gasteiger charge is -2.24. The Bertz CT molecular complexity index is 366. The molecule has 0 radical (unpaired) electrons. The summed E-state index contributed by atoms with van der Waals surface area (Å²) in [5.41, 5.74) is 1.38. The molecule has 1 heterocycles. The van der Waals surface area contributed by atoms with Gasteiger partial charge in [0.15, 0.2) is 0 Å². The van der Waals surface area contributed by atoms with Crippen LogP contribution in [0.4, 0.5) is 0 Å². The molecule has 0 unspecified atom stereocenters. The van der Waals surface area contributed by atoms with Crippen LogP contribution in [0.3, 0.4) is 0 Å². The van der Waals surface area contributed by atoms with Crippen LogP contribution >= 0.6 is 0 Å². The predicted octanol–water partition coefficient (Wildman–Crippen LogP) is 2.98. The van der Waals surface area contributed by atoms with Gasteiger partial charge in [-0.2, -0.15) is 5.26 Å². The molecule has 1 aromatic rings. The van der Waals surface area contributed by atoms with Gasteiger partial charge in [0.05, 0.1) is 6.07 Å². The molecule has 0 amide bonds. The highest BCUT2D eigenvalue weighted by atomic mass is 15.2. The fraction of sp³-hybridized carbons (Fsp3) is 0.500.